The molecule has 1 heterocycles. The van der Waals surface area contributed by atoms with Crippen LogP contribution in [0, 0.1) is 11.3 Å². The summed E-state index contributed by atoms with van der Waals surface area (Å²) in [5.74, 6) is -6.25. The molecule has 1 amide bonds. The molecule has 7 atom stereocenters. The SMILES string of the molecule is CC[C@H](C)[C@@H]1OC(=O)C(C)(C)[C@@H](O)[C@@H](Cc2ccccc2)OC(=O)[C@H](C)OC(=O)[C@@H](NC(=O)c2cccc(N)c2O)[C@H](C)OC1=O. The van der Waals surface area contributed by atoms with Gasteiger partial charge in [-0.3, -0.25) is 9.59 Å². The minimum Gasteiger partial charge on any atom is -0.505 e. The molecular weight excluding hydrogens is 600 g/mol. The van der Waals surface area contributed by atoms with Gasteiger partial charge >= 0.3 is 23.9 Å². The second-order valence-corrected chi connectivity index (χ2v) is 12.0. The highest BCUT2D eigenvalue weighted by atomic mass is 16.6. The highest BCUT2D eigenvalue weighted by Crippen LogP contribution is 2.31. The summed E-state index contributed by atoms with van der Waals surface area (Å²) in [6, 6.07) is 11.1. The molecule has 1 aliphatic rings. The van der Waals surface area contributed by atoms with Gasteiger partial charge < -0.3 is 40.2 Å². The fraction of sp³-hybridized carbons (Fsp3) is 0.485. The maximum absolute atomic E-state index is 13.6. The summed E-state index contributed by atoms with van der Waals surface area (Å²) in [6.45, 7) is 8.73. The van der Waals surface area contributed by atoms with E-state index in [1.54, 1.807) is 44.2 Å². The quantitative estimate of drug-likeness (QED) is 0.155. The predicted molar refractivity (Wildman–Crippen MR) is 164 cm³/mol. The number of hydrogen-bond acceptors (Lipinski definition) is 12. The summed E-state index contributed by atoms with van der Waals surface area (Å²) >= 11 is 0. The van der Waals surface area contributed by atoms with Crippen LogP contribution in [0.3, 0.4) is 0 Å². The normalized spacial score (nSPS) is 26.7. The van der Waals surface area contributed by atoms with Crippen molar-refractivity contribution in [1.29, 1.82) is 0 Å². The number of aliphatic hydroxyl groups excluding tert-OH is 1. The van der Waals surface area contributed by atoms with Gasteiger partial charge in [-0.2, -0.15) is 0 Å². The molecule has 46 heavy (non-hydrogen) atoms. The Hall–Kier alpha value is -4.65. The average molecular weight is 643 g/mol. The minimum absolute atomic E-state index is 0.0125. The molecule has 250 valence electrons. The molecule has 0 bridgehead atoms. The van der Waals surface area contributed by atoms with E-state index >= 15 is 0 Å². The number of phenols is 1. The molecular formula is C33H42N2O11. The van der Waals surface area contributed by atoms with E-state index in [4.69, 9.17) is 24.7 Å². The molecule has 2 aromatic rings. The maximum atomic E-state index is 13.6. The number of nitrogen functional groups attached to an aromatic ring is 1. The Kier molecular flexibility index (Phi) is 11.8. The lowest BCUT2D eigenvalue weighted by molar-refractivity contribution is -0.190. The summed E-state index contributed by atoms with van der Waals surface area (Å²) < 4.78 is 22.2. The van der Waals surface area contributed by atoms with E-state index in [9.17, 15) is 34.2 Å². The number of cyclic esters (lactones) is 4. The zero-order valence-electron chi connectivity index (χ0n) is 26.7. The molecule has 1 saturated heterocycles. The Morgan fingerprint density at radius 2 is 1.59 bits per heavy atom. The van der Waals surface area contributed by atoms with Crippen LogP contribution in [0.4, 0.5) is 5.69 Å². The first kappa shape index (κ1) is 35.8. The Morgan fingerprint density at radius 3 is 2.22 bits per heavy atom. The number of rotatable bonds is 6. The van der Waals surface area contributed by atoms with Gasteiger partial charge in [0.2, 0.25) is 6.10 Å². The Balaban J connectivity index is 2.05. The second kappa shape index (κ2) is 15.1. The van der Waals surface area contributed by atoms with E-state index in [0.29, 0.717) is 12.0 Å². The van der Waals surface area contributed by atoms with E-state index in [0.717, 1.165) is 0 Å². The van der Waals surface area contributed by atoms with Crippen LogP contribution in [0.25, 0.3) is 0 Å². The Labute approximate surface area is 267 Å². The number of hydrogen-bond donors (Lipinski definition) is 4. The fourth-order valence-electron chi connectivity index (χ4n) is 4.72. The predicted octanol–water partition coefficient (Wildman–Crippen LogP) is 2.45. The molecule has 0 unspecified atom stereocenters. The molecule has 1 aliphatic heterocycles. The van der Waals surface area contributed by atoms with Crippen LogP contribution in [0.2, 0.25) is 0 Å². The number of phenolic OH excluding ortho intramolecular Hbond substituents is 1. The van der Waals surface area contributed by atoms with Crippen LogP contribution < -0.4 is 11.1 Å². The second-order valence-electron chi connectivity index (χ2n) is 12.0. The number of benzene rings is 2. The molecule has 0 radical (unpaired) electrons. The van der Waals surface area contributed by atoms with Gasteiger partial charge in [-0.1, -0.05) is 50.2 Å². The fourth-order valence-corrected chi connectivity index (χ4v) is 4.72. The standard InChI is InChI=1S/C33H42N2O11/c1-7-17(2)26-31(41)43-18(3)24(35-28(38)21-14-11-15-22(34)25(21)36)30(40)44-19(4)29(39)45-23(16-20-12-9-8-10-13-20)27(37)33(5,6)32(42)46-26/h8-15,17-19,23-24,26-27,36-37H,7,16,34H2,1-6H3,(H,35,38)/t17-,18-,19-,23+,24-,26-,27-/m0/s1. The summed E-state index contributed by atoms with van der Waals surface area (Å²) in [4.78, 5) is 66.9. The number of amides is 1. The van der Waals surface area contributed by atoms with Crippen molar-refractivity contribution in [3.05, 3.63) is 59.7 Å². The van der Waals surface area contributed by atoms with Crippen LogP contribution in [0.1, 0.15) is 63.9 Å². The average Bonchev–Trinajstić information content (AvgIpc) is 3.02. The molecule has 0 spiro atoms. The molecule has 3 rings (SSSR count). The number of ether oxygens (including phenoxy) is 4. The molecule has 13 nitrogen and oxygen atoms in total. The van der Waals surface area contributed by atoms with Crippen molar-refractivity contribution in [3.63, 3.8) is 0 Å². The number of aromatic hydroxyl groups is 1. The number of carbonyl (C=O) groups excluding carboxylic acids is 5. The Bertz CT molecular complexity index is 1430. The van der Waals surface area contributed by atoms with Gasteiger partial charge in [-0.15, -0.1) is 0 Å². The number of esters is 4. The van der Waals surface area contributed by atoms with Gasteiger partial charge in [0.1, 0.15) is 18.3 Å². The third-order valence-corrected chi connectivity index (χ3v) is 8.04. The van der Waals surface area contributed by atoms with E-state index in [-0.39, 0.29) is 17.7 Å². The lowest BCUT2D eigenvalue weighted by atomic mass is 9.81. The summed E-state index contributed by atoms with van der Waals surface area (Å²) in [6.07, 6.45) is -7.00. The molecule has 1 fully saturated rings. The van der Waals surface area contributed by atoms with Crippen molar-refractivity contribution >= 4 is 35.5 Å². The van der Waals surface area contributed by atoms with Crippen LogP contribution in [-0.4, -0.2) is 76.6 Å². The molecule has 5 N–H and O–H groups in total. The van der Waals surface area contributed by atoms with Crippen LogP contribution in [-0.2, 0) is 44.5 Å². The Morgan fingerprint density at radius 1 is 0.935 bits per heavy atom. The smallest absolute Gasteiger partial charge is 0.348 e. The molecule has 0 aliphatic carbocycles. The number of nitrogens with one attached hydrogen (secondary N) is 1. The van der Waals surface area contributed by atoms with Crippen molar-refractivity contribution in [2.45, 2.75) is 90.9 Å². The summed E-state index contributed by atoms with van der Waals surface area (Å²) in [7, 11) is 0. The molecule has 0 aromatic heterocycles. The van der Waals surface area contributed by atoms with E-state index < -0.39 is 83.4 Å². The van der Waals surface area contributed by atoms with Crippen molar-refractivity contribution in [3.8, 4) is 5.75 Å². The summed E-state index contributed by atoms with van der Waals surface area (Å²) in [5, 5.41) is 24.1. The first-order valence-electron chi connectivity index (χ1n) is 15.0. The minimum atomic E-state index is -1.70. The topological polar surface area (TPSA) is 201 Å². The van der Waals surface area contributed by atoms with Gasteiger partial charge in [0.05, 0.1) is 16.7 Å². The van der Waals surface area contributed by atoms with Crippen molar-refractivity contribution < 1.29 is 53.1 Å². The van der Waals surface area contributed by atoms with Gasteiger partial charge in [-0.25, -0.2) is 14.4 Å². The molecule has 0 saturated carbocycles. The number of para-hydroxylation sites is 1. The van der Waals surface area contributed by atoms with Gasteiger partial charge in [0.15, 0.2) is 17.9 Å². The zero-order chi connectivity index (χ0) is 34.3. The first-order valence-corrected chi connectivity index (χ1v) is 15.0. The highest BCUT2D eigenvalue weighted by Gasteiger charge is 2.47. The van der Waals surface area contributed by atoms with E-state index in [1.807, 2.05) is 0 Å². The number of nitrogens with two attached hydrogens (primary N) is 1. The maximum Gasteiger partial charge on any atom is 0.348 e. The number of aliphatic hydroxyl groups is 1. The van der Waals surface area contributed by atoms with Crippen LogP contribution in [0.15, 0.2) is 48.5 Å². The largest absolute Gasteiger partial charge is 0.505 e. The van der Waals surface area contributed by atoms with Gasteiger partial charge in [0, 0.05) is 12.3 Å². The number of carbonyl (C=O) groups is 5. The lowest BCUT2D eigenvalue weighted by Gasteiger charge is -2.35. The first-order chi connectivity index (χ1) is 21.6. The van der Waals surface area contributed by atoms with Crippen molar-refractivity contribution in [2.75, 3.05) is 5.73 Å². The van der Waals surface area contributed by atoms with E-state index in [2.05, 4.69) is 5.32 Å². The molecule has 2 aromatic carbocycles. The van der Waals surface area contributed by atoms with Crippen LogP contribution in [0.5, 0.6) is 5.75 Å². The highest BCUT2D eigenvalue weighted by molar-refractivity contribution is 6.00. The van der Waals surface area contributed by atoms with Crippen molar-refractivity contribution in [1.82, 2.24) is 5.32 Å². The number of anilines is 1. The van der Waals surface area contributed by atoms with E-state index in [1.165, 1.54) is 45.9 Å². The van der Waals surface area contributed by atoms with Crippen molar-refractivity contribution in [2.24, 2.45) is 11.3 Å². The summed E-state index contributed by atoms with van der Waals surface area (Å²) in [5.41, 5.74) is 4.32. The lowest BCUT2D eigenvalue weighted by Crippen LogP contribution is -2.52. The zero-order valence-corrected chi connectivity index (χ0v) is 26.7. The third kappa shape index (κ3) is 8.33. The van der Waals surface area contributed by atoms with Gasteiger partial charge in [0.25, 0.3) is 5.91 Å². The van der Waals surface area contributed by atoms with Gasteiger partial charge in [-0.05, 0) is 51.8 Å². The monoisotopic (exact) mass is 642 g/mol. The third-order valence-electron chi connectivity index (χ3n) is 8.04. The van der Waals surface area contributed by atoms with Crippen LogP contribution >= 0.6 is 0 Å². The molecule has 13 heteroatoms.